The number of aromatic amines is 1. The number of aromatic nitrogens is 1. The highest BCUT2D eigenvalue weighted by Crippen LogP contribution is 2.19. The first-order chi connectivity index (χ1) is 17.4. The summed E-state index contributed by atoms with van der Waals surface area (Å²) in [6.45, 7) is 4.88. The van der Waals surface area contributed by atoms with Crippen LogP contribution in [0.3, 0.4) is 0 Å². The molecule has 0 spiro atoms. The van der Waals surface area contributed by atoms with Crippen LogP contribution in [0.25, 0.3) is 10.9 Å². The van der Waals surface area contributed by atoms with Gasteiger partial charge >= 0.3 is 5.97 Å². The van der Waals surface area contributed by atoms with Crippen LogP contribution in [-0.4, -0.2) is 63.9 Å². The second kappa shape index (κ2) is 13.4. The van der Waals surface area contributed by atoms with Gasteiger partial charge in [0.2, 0.25) is 23.6 Å². The standard InChI is InChI=1S/C25H36N6O6/c1-4-13(2)21(25(36)37)31-22(33)14(3)29-24(35)19(9-10-20(27)32)30-23(34)17(26)11-15-12-28-18-8-6-5-7-16(15)18/h5-8,12-14,17,19,21,28H,4,9-11,26H2,1-3H3,(H2,27,32)(H,29,35)(H,30,34)(H,31,33)(H,36,37). The molecule has 1 aromatic carbocycles. The van der Waals surface area contributed by atoms with Crippen LogP contribution in [0.2, 0.25) is 0 Å². The lowest BCUT2D eigenvalue weighted by molar-refractivity contribution is -0.143. The molecule has 1 aromatic heterocycles. The number of amides is 4. The molecule has 2 rings (SSSR count). The van der Waals surface area contributed by atoms with Gasteiger partial charge in [-0.3, -0.25) is 19.2 Å². The molecule has 0 aliphatic rings. The van der Waals surface area contributed by atoms with Gasteiger partial charge in [0.25, 0.3) is 0 Å². The number of H-pyrrole nitrogens is 1. The Bertz CT molecular complexity index is 1130. The minimum absolute atomic E-state index is 0.105. The van der Waals surface area contributed by atoms with Gasteiger partial charge in [-0.2, -0.15) is 0 Å². The van der Waals surface area contributed by atoms with Crippen molar-refractivity contribution in [2.45, 2.75) is 70.6 Å². The van der Waals surface area contributed by atoms with Crippen LogP contribution >= 0.6 is 0 Å². The fourth-order valence-corrected chi connectivity index (χ4v) is 3.81. The maximum Gasteiger partial charge on any atom is 0.326 e. The quantitative estimate of drug-likeness (QED) is 0.181. The minimum atomic E-state index is -1.19. The zero-order valence-corrected chi connectivity index (χ0v) is 21.2. The first-order valence-electron chi connectivity index (χ1n) is 12.2. The van der Waals surface area contributed by atoms with E-state index in [-0.39, 0.29) is 25.2 Å². The first kappa shape index (κ1) is 29.3. The van der Waals surface area contributed by atoms with Crippen LogP contribution in [0.5, 0.6) is 0 Å². The van der Waals surface area contributed by atoms with E-state index < -0.39 is 53.8 Å². The Morgan fingerprint density at radius 2 is 1.68 bits per heavy atom. The van der Waals surface area contributed by atoms with Gasteiger partial charge in [-0.25, -0.2) is 4.79 Å². The van der Waals surface area contributed by atoms with Crippen molar-refractivity contribution in [1.29, 1.82) is 0 Å². The molecule has 12 heteroatoms. The average molecular weight is 517 g/mol. The molecule has 0 saturated heterocycles. The maximum atomic E-state index is 12.9. The topological polar surface area (TPSA) is 209 Å². The Hall–Kier alpha value is -3.93. The van der Waals surface area contributed by atoms with Crippen molar-refractivity contribution < 1.29 is 29.1 Å². The fraction of sp³-hybridized carbons (Fsp3) is 0.480. The third-order valence-corrected chi connectivity index (χ3v) is 6.29. The summed E-state index contributed by atoms with van der Waals surface area (Å²) in [5, 5.41) is 17.7. The Morgan fingerprint density at radius 1 is 1.00 bits per heavy atom. The van der Waals surface area contributed by atoms with E-state index in [2.05, 4.69) is 20.9 Å². The summed E-state index contributed by atoms with van der Waals surface area (Å²) < 4.78 is 0. The number of hydrogen-bond donors (Lipinski definition) is 7. The molecular formula is C25H36N6O6. The van der Waals surface area contributed by atoms with Crippen molar-refractivity contribution in [3.05, 3.63) is 36.0 Å². The van der Waals surface area contributed by atoms with Gasteiger partial charge in [0.05, 0.1) is 6.04 Å². The molecule has 5 atom stereocenters. The fourth-order valence-electron chi connectivity index (χ4n) is 3.81. The van der Waals surface area contributed by atoms with E-state index in [4.69, 9.17) is 11.5 Å². The molecule has 0 saturated carbocycles. The molecule has 12 nitrogen and oxygen atoms in total. The van der Waals surface area contributed by atoms with E-state index in [1.807, 2.05) is 24.3 Å². The lowest BCUT2D eigenvalue weighted by Crippen LogP contribution is -2.57. The Balaban J connectivity index is 2.05. The van der Waals surface area contributed by atoms with Crippen molar-refractivity contribution in [3.8, 4) is 0 Å². The molecule has 1 heterocycles. The number of primary amides is 1. The molecule has 0 aliphatic heterocycles. The monoisotopic (exact) mass is 516 g/mol. The molecule has 2 aromatic rings. The van der Waals surface area contributed by atoms with E-state index in [9.17, 15) is 29.1 Å². The van der Waals surface area contributed by atoms with E-state index >= 15 is 0 Å². The van der Waals surface area contributed by atoms with E-state index in [0.717, 1.165) is 16.5 Å². The van der Waals surface area contributed by atoms with Gasteiger partial charge in [0, 0.05) is 23.5 Å². The first-order valence-corrected chi connectivity index (χ1v) is 12.2. The Labute approximate surface area is 214 Å². The summed E-state index contributed by atoms with van der Waals surface area (Å²) in [5.74, 6) is -4.22. The average Bonchev–Trinajstić information content (AvgIpc) is 3.26. The number of carbonyl (C=O) groups is 5. The lowest BCUT2D eigenvalue weighted by atomic mass is 9.99. The number of hydrogen-bond acceptors (Lipinski definition) is 6. The van der Waals surface area contributed by atoms with Gasteiger partial charge in [-0.05, 0) is 37.3 Å². The smallest absolute Gasteiger partial charge is 0.326 e. The maximum absolute atomic E-state index is 12.9. The van der Waals surface area contributed by atoms with E-state index in [1.165, 1.54) is 6.92 Å². The van der Waals surface area contributed by atoms with E-state index in [0.29, 0.717) is 6.42 Å². The number of carboxylic acid groups (broad SMARTS) is 1. The second-order valence-corrected chi connectivity index (χ2v) is 9.18. The Morgan fingerprint density at radius 3 is 2.30 bits per heavy atom. The zero-order chi connectivity index (χ0) is 27.7. The van der Waals surface area contributed by atoms with Crippen LogP contribution in [0, 0.1) is 5.92 Å². The second-order valence-electron chi connectivity index (χ2n) is 9.18. The molecule has 202 valence electrons. The van der Waals surface area contributed by atoms with Crippen molar-refractivity contribution in [2.75, 3.05) is 0 Å². The highest BCUT2D eigenvalue weighted by Gasteiger charge is 2.30. The van der Waals surface area contributed by atoms with Crippen molar-refractivity contribution in [3.63, 3.8) is 0 Å². The highest BCUT2D eigenvalue weighted by molar-refractivity contribution is 5.94. The van der Waals surface area contributed by atoms with Gasteiger partial charge in [0.15, 0.2) is 0 Å². The zero-order valence-electron chi connectivity index (χ0n) is 21.2. The summed E-state index contributed by atoms with van der Waals surface area (Å²) in [4.78, 5) is 64.2. The molecule has 0 bridgehead atoms. The number of aliphatic carboxylic acids is 1. The van der Waals surface area contributed by atoms with E-state index in [1.54, 1.807) is 20.0 Å². The van der Waals surface area contributed by atoms with Crippen LogP contribution in [-0.2, 0) is 30.4 Å². The molecule has 0 aliphatic carbocycles. The number of fused-ring (bicyclic) bond motifs is 1. The highest BCUT2D eigenvalue weighted by atomic mass is 16.4. The third-order valence-electron chi connectivity index (χ3n) is 6.29. The van der Waals surface area contributed by atoms with Gasteiger partial charge in [0.1, 0.15) is 18.1 Å². The van der Waals surface area contributed by atoms with Crippen LogP contribution in [0.15, 0.2) is 30.5 Å². The van der Waals surface area contributed by atoms with Crippen LogP contribution < -0.4 is 27.4 Å². The summed E-state index contributed by atoms with van der Waals surface area (Å²) in [6, 6.07) is 3.14. The molecule has 37 heavy (non-hydrogen) atoms. The van der Waals surface area contributed by atoms with Gasteiger partial charge in [-0.1, -0.05) is 38.5 Å². The SMILES string of the molecule is CCC(C)C(NC(=O)C(C)NC(=O)C(CCC(N)=O)NC(=O)C(N)Cc1c[nH]c2ccccc12)C(=O)O. The van der Waals surface area contributed by atoms with Crippen molar-refractivity contribution in [1.82, 2.24) is 20.9 Å². The molecule has 0 radical (unpaired) electrons. The number of carboxylic acids is 1. The summed E-state index contributed by atoms with van der Waals surface area (Å²) in [5.41, 5.74) is 13.1. The number of para-hydroxylation sites is 1. The third kappa shape index (κ3) is 8.31. The minimum Gasteiger partial charge on any atom is -0.480 e. The lowest BCUT2D eigenvalue weighted by Gasteiger charge is -2.25. The predicted molar refractivity (Wildman–Crippen MR) is 137 cm³/mol. The largest absolute Gasteiger partial charge is 0.480 e. The van der Waals surface area contributed by atoms with Crippen LogP contribution in [0.1, 0.15) is 45.6 Å². The molecule has 4 amide bonds. The number of nitrogens with two attached hydrogens (primary N) is 2. The molecule has 5 unspecified atom stereocenters. The normalized spacial score (nSPS) is 15.1. The Kier molecular flexibility index (Phi) is 10.6. The summed E-state index contributed by atoms with van der Waals surface area (Å²) in [6.07, 6.45) is 2.19. The van der Waals surface area contributed by atoms with Crippen molar-refractivity contribution in [2.24, 2.45) is 17.4 Å². The van der Waals surface area contributed by atoms with Crippen LogP contribution in [0.4, 0.5) is 0 Å². The van der Waals surface area contributed by atoms with Gasteiger partial charge in [-0.15, -0.1) is 0 Å². The molecule has 9 N–H and O–H groups in total. The number of benzene rings is 1. The number of carbonyl (C=O) groups excluding carboxylic acids is 4. The summed E-state index contributed by atoms with van der Waals surface area (Å²) >= 11 is 0. The number of nitrogens with one attached hydrogen (secondary N) is 4. The van der Waals surface area contributed by atoms with Crippen molar-refractivity contribution >= 4 is 40.5 Å². The summed E-state index contributed by atoms with van der Waals surface area (Å²) in [7, 11) is 0. The predicted octanol–water partition coefficient (Wildman–Crippen LogP) is -0.0918. The molecular weight excluding hydrogens is 480 g/mol. The number of rotatable bonds is 14. The van der Waals surface area contributed by atoms with Gasteiger partial charge < -0.3 is 37.5 Å². The molecule has 0 fully saturated rings.